The van der Waals surface area contributed by atoms with E-state index in [2.05, 4.69) is 124 Å². The number of rotatable bonds is 1. The van der Waals surface area contributed by atoms with Crippen LogP contribution in [-0.4, -0.2) is 9.97 Å². The Labute approximate surface area is 254 Å². The third-order valence-electron chi connectivity index (χ3n) is 7.36. The fraction of sp³-hybridized carbons (Fsp3) is 0.222. The molecule has 0 aliphatic carbocycles. The van der Waals surface area contributed by atoms with Gasteiger partial charge >= 0.3 is 0 Å². The summed E-state index contributed by atoms with van der Waals surface area (Å²) < 4.78 is 2.66. The third-order valence-corrected chi connectivity index (χ3v) is 8.48. The number of pyridine rings is 2. The maximum absolute atomic E-state index is 4.61. The number of benzene rings is 4. The van der Waals surface area contributed by atoms with Crippen LogP contribution in [0.3, 0.4) is 0 Å². The Morgan fingerprint density at radius 2 is 1.35 bits per heavy atom. The van der Waals surface area contributed by atoms with Crippen LogP contribution in [0.4, 0.5) is 0 Å². The van der Waals surface area contributed by atoms with Gasteiger partial charge in [-0.15, -0.1) is 76.4 Å². The zero-order chi connectivity index (χ0) is 27.4. The minimum Gasteiger partial charge on any atom is -0.305 e. The molecule has 203 valence electrons. The SMILES string of the molecule is CC(C)(C)c1cc[c-]c(-c2cc(C(C)(C)C)ccn2)c1.[Ir].[c-]1cccc2c1c1nccc3sc4cccc2c4c31. The van der Waals surface area contributed by atoms with Crippen LogP contribution in [0.2, 0.25) is 0 Å². The second-order valence-corrected chi connectivity index (χ2v) is 13.3. The molecule has 7 aromatic rings. The van der Waals surface area contributed by atoms with Crippen molar-refractivity contribution < 1.29 is 20.1 Å². The number of fused-ring (bicyclic) bond motifs is 3. The molecule has 0 saturated heterocycles. The van der Waals surface area contributed by atoms with Crippen LogP contribution >= 0.6 is 11.3 Å². The van der Waals surface area contributed by atoms with Crippen molar-refractivity contribution >= 4 is 53.2 Å². The van der Waals surface area contributed by atoms with Gasteiger partial charge in [0.05, 0.1) is 0 Å². The van der Waals surface area contributed by atoms with Crippen molar-refractivity contribution in [3.05, 3.63) is 108 Å². The van der Waals surface area contributed by atoms with Gasteiger partial charge in [0.15, 0.2) is 0 Å². The van der Waals surface area contributed by atoms with Gasteiger partial charge in [0, 0.05) is 41.9 Å². The zero-order valence-electron chi connectivity index (χ0n) is 23.7. The van der Waals surface area contributed by atoms with Crippen molar-refractivity contribution in [1.29, 1.82) is 0 Å². The molecule has 4 aromatic carbocycles. The van der Waals surface area contributed by atoms with E-state index in [-0.39, 0.29) is 30.9 Å². The fourth-order valence-electron chi connectivity index (χ4n) is 5.16. The molecule has 3 aromatic heterocycles. The number of aromatic nitrogens is 2. The average Bonchev–Trinajstić information content (AvgIpc) is 3.32. The zero-order valence-corrected chi connectivity index (χ0v) is 26.9. The minimum absolute atomic E-state index is 0. The predicted octanol–water partition coefficient (Wildman–Crippen LogP) is 10.1. The number of thiophene rings is 1. The fourth-order valence-corrected chi connectivity index (χ4v) is 6.29. The minimum atomic E-state index is 0. The molecule has 0 spiro atoms. The van der Waals surface area contributed by atoms with Gasteiger partial charge in [-0.25, -0.2) is 0 Å². The van der Waals surface area contributed by atoms with Crippen LogP contribution in [0.15, 0.2) is 85.2 Å². The maximum atomic E-state index is 4.61. The van der Waals surface area contributed by atoms with Gasteiger partial charge in [-0.05, 0) is 56.6 Å². The summed E-state index contributed by atoms with van der Waals surface area (Å²) in [5.41, 5.74) is 6.06. The summed E-state index contributed by atoms with van der Waals surface area (Å²) in [6.45, 7) is 13.4. The molecule has 0 aliphatic heterocycles. The van der Waals surface area contributed by atoms with Gasteiger partial charge in [0.2, 0.25) is 0 Å². The van der Waals surface area contributed by atoms with Gasteiger partial charge in [0.25, 0.3) is 0 Å². The van der Waals surface area contributed by atoms with E-state index >= 15 is 0 Å². The normalized spacial score (nSPS) is 12.1. The molecule has 1 radical (unpaired) electrons. The van der Waals surface area contributed by atoms with Gasteiger partial charge in [-0.1, -0.05) is 70.5 Å². The molecular weight excluding hydrogens is 685 g/mol. The van der Waals surface area contributed by atoms with E-state index in [1.807, 2.05) is 35.9 Å². The molecule has 4 heteroatoms. The Morgan fingerprint density at radius 1 is 0.650 bits per heavy atom. The molecule has 0 unspecified atom stereocenters. The van der Waals surface area contributed by atoms with E-state index in [9.17, 15) is 0 Å². The first-order valence-corrected chi connectivity index (χ1v) is 14.2. The molecule has 7 rings (SSSR count). The number of hydrogen-bond acceptors (Lipinski definition) is 3. The molecule has 0 N–H and O–H groups in total. The number of hydrogen-bond donors (Lipinski definition) is 0. The van der Waals surface area contributed by atoms with E-state index in [0.29, 0.717) is 0 Å². The van der Waals surface area contributed by atoms with E-state index < -0.39 is 0 Å². The Morgan fingerprint density at radius 3 is 2.12 bits per heavy atom. The van der Waals surface area contributed by atoms with Gasteiger partial charge in [-0.2, -0.15) is 0 Å². The monoisotopic (exact) mass is 717 g/mol. The van der Waals surface area contributed by atoms with Crippen molar-refractivity contribution in [2.24, 2.45) is 0 Å². The van der Waals surface area contributed by atoms with E-state index in [1.54, 1.807) is 0 Å². The average molecular weight is 717 g/mol. The first-order chi connectivity index (χ1) is 18.6. The Hall–Kier alpha value is -3.17. The van der Waals surface area contributed by atoms with E-state index in [0.717, 1.165) is 22.2 Å². The quantitative estimate of drug-likeness (QED) is 0.125. The van der Waals surface area contributed by atoms with Crippen LogP contribution in [0.5, 0.6) is 0 Å². The second kappa shape index (κ2) is 10.7. The second-order valence-electron chi connectivity index (χ2n) is 12.2. The summed E-state index contributed by atoms with van der Waals surface area (Å²) in [4.78, 5) is 9.12. The molecule has 3 heterocycles. The molecule has 0 fully saturated rings. The predicted molar refractivity (Wildman–Crippen MR) is 168 cm³/mol. The molecule has 0 bridgehead atoms. The first kappa shape index (κ1) is 28.4. The summed E-state index contributed by atoms with van der Waals surface area (Å²) in [5.74, 6) is 0. The summed E-state index contributed by atoms with van der Waals surface area (Å²) in [6.07, 6.45) is 3.80. The molecule has 0 amide bonds. The Balaban J connectivity index is 0.000000157. The first-order valence-electron chi connectivity index (χ1n) is 13.4. The smallest absolute Gasteiger partial charge is 0.0345 e. The van der Waals surface area contributed by atoms with Crippen molar-refractivity contribution in [3.63, 3.8) is 0 Å². The van der Waals surface area contributed by atoms with Gasteiger partial charge in [-0.3, -0.25) is 0 Å². The van der Waals surface area contributed by atoms with Gasteiger partial charge < -0.3 is 9.97 Å². The topological polar surface area (TPSA) is 25.8 Å². The Kier molecular flexibility index (Phi) is 7.56. The number of nitrogens with zero attached hydrogens (tertiary/aromatic N) is 2. The van der Waals surface area contributed by atoms with Crippen LogP contribution in [0, 0.1) is 12.1 Å². The van der Waals surface area contributed by atoms with Crippen LogP contribution < -0.4 is 0 Å². The summed E-state index contributed by atoms with van der Waals surface area (Å²) in [5, 5.41) is 6.35. The van der Waals surface area contributed by atoms with Crippen molar-refractivity contribution in [2.45, 2.75) is 52.4 Å². The molecule has 0 saturated carbocycles. The summed E-state index contributed by atoms with van der Waals surface area (Å²) in [6, 6.07) is 32.1. The molecular formula is C36H32IrN2S-2. The van der Waals surface area contributed by atoms with Gasteiger partial charge in [0.1, 0.15) is 0 Å². The van der Waals surface area contributed by atoms with Crippen LogP contribution in [-0.2, 0) is 30.9 Å². The summed E-state index contributed by atoms with van der Waals surface area (Å²) in [7, 11) is 0. The van der Waals surface area contributed by atoms with E-state index in [4.69, 9.17) is 0 Å². The van der Waals surface area contributed by atoms with Crippen molar-refractivity contribution in [1.82, 2.24) is 9.97 Å². The standard InChI is InChI=1S/C19H24N.C17H8NS.Ir/c1-18(2,3)15-9-7-8-14(12-15)17-13-16(10-11-20-17)19(4,5)6;1-2-5-12-10(4-1)11-6-3-7-13-15(11)16-14(19-13)8-9-18-17(12)16;/h7,9-13H,1-6H3;1-4,6-9H;/q2*-1;. The summed E-state index contributed by atoms with van der Waals surface area (Å²) >= 11 is 1.85. The van der Waals surface area contributed by atoms with E-state index in [1.165, 1.54) is 42.1 Å². The molecule has 0 atom stereocenters. The van der Waals surface area contributed by atoms with Crippen molar-refractivity contribution in [2.75, 3.05) is 0 Å². The molecule has 0 aliphatic rings. The third kappa shape index (κ3) is 5.17. The molecule has 40 heavy (non-hydrogen) atoms. The Bertz CT molecular complexity index is 1800. The van der Waals surface area contributed by atoms with Crippen molar-refractivity contribution in [3.8, 4) is 11.3 Å². The largest absolute Gasteiger partial charge is 0.305 e. The molecule has 2 nitrogen and oxygen atoms in total. The van der Waals surface area contributed by atoms with Crippen LogP contribution in [0.25, 0.3) is 53.1 Å². The van der Waals surface area contributed by atoms with Crippen LogP contribution in [0.1, 0.15) is 52.7 Å². The maximum Gasteiger partial charge on any atom is 0.0345 e.